The standard InChI is InChI=1S/C60H115NO5/c1-3-5-7-9-11-13-15-17-25-30-34-38-42-46-50-54-60(65)66-55-51-47-43-39-35-31-27-24-22-20-19-21-23-26-29-33-37-41-45-49-53-59(64)61-57(56-62)58(63)52-48-44-40-36-32-28-18-16-14-12-10-8-6-4-2/h17,25,48,52,57-58,62-63H,3-16,18-24,26-47,49-51,53-56H2,1-2H3,(H,61,64)/b25-17-,52-48+. The molecular formula is C60H115NO5. The summed E-state index contributed by atoms with van der Waals surface area (Å²) < 4.78 is 5.48. The molecule has 0 aliphatic rings. The van der Waals surface area contributed by atoms with Gasteiger partial charge in [0, 0.05) is 12.8 Å². The summed E-state index contributed by atoms with van der Waals surface area (Å²) in [5.74, 6) is -0.0668. The summed E-state index contributed by atoms with van der Waals surface area (Å²) in [4.78, 5) is 24.5. The average molecular weight is 931 g/mol. The van der Waals surface area contributed by atoms with E-state index in [9.17, 15) is 19.8 Å². The van der Waals surface area contributed by atoms with E-state index in [-0.39, 0.29) is 18.5 Å². The zero-order valence-corrected chi connectivity index (χ0v) is 44.4. The Balaban J connectivity index is 3.41. The summed E-state index contributed by atoms with van der Waals surface area (Å²) in [6, 6.07) is -0.628. The molecule has 0 aliphatic heterocycles. The van der Waals surface area contributed by atoms with Crippen LogP contribution in [0.15, 0.2) is 24.3 Å². The van der Waals surface area contributed by atoms with Gasteiger partial charge in [-0.15, -0.1) is 0 Å². The van der Waals surface area contributed by atoms with Crippen molar-refractivity contribution in [3.8, 4) is 0 Å². The van der Waals surface area contributed by atoms with E-state index in [0.29, 0.717) is 19.4 Å². The Kier molecular flexibility index (Phi) is 54.5. The van der Waals surface area contributed by atoms with Crippen LogP contribution in [0.2, 0.25) is 0 Å². The van der Waals surface area contributed by atoms with Gasteiger partial charge in [0.05, 0.1) is 25.4 Å². The van der Waals surface area contributed by atoms with Gasteiger partial charge in [-0.1, -0.05) is 276 Å². The van der Waals surface area contributed by atoms with Crippen molar-refractivity contribution in [3.05, 3.63) is 24.3 Å². The van der Waals surface area contributed by atoms with Gasteiger partial charge >= 0.3 is 5.97 Å². The van der Waals surface area contributed by atoms with Gasteiger partial charge in [0.2, 0.25) is 5.91 Å². The van der Waals surface area contributed by atoms with Crippen LogP contribution in [0.1, 0.15) is 322 Å². The Morgan fingerprint density at radius 1 is 0.409 bits per heavy atom. The quantitative estimate of drug-likeness (QED) is 0.0321. The number of ether oxygens (including phenoxy) is 1. The Bertz CT molecular complexity index is 1030. The number of allylic oxidation sites excluding steroid dienone is 3. The van der Waals surface area contributed by atoms with Crippen LogP contribution >= 0.6 is 0 Å². The Morgan fingerprint density at radius 2 is 0.712 bits per heavy atom. The fraction of sp³-hybridized carbons (Fsp3) is 0.900. The molecule has 3 N–H and O–H groups in total. The Hall–Kier alpha value is -1.66. The van der Waals surface area contributed by atoms with Crippen molar-refractivity contribution < 1.29 is 24.5 Å². The number of rotatable bonds is 55. The van der Waals surface area contributed by atoms with Crippen LogP contribution < -0.4 is 5.32 Å². The lowest BCUT2D eigenvalue weighted by atomic mass is 10.0. The summed E-state index contributed by atoms with van der Waals surface area (Å²) in [6.45, 7) is 4.90. The maximum Gasteiger partial charge on any atom is 0.305 e. The minimum absolute atomic E-state index is 0.00215. The summed E-state index contributed by atoms with van der Waals surface area (Å²) in [5, 5.41) is 23.1. The highest BCUT2D eigenvalue weighted by Gasteiger charge is 2.18. The second-order valence-electron chi connectivity index (χ2n) is 20.3. The van der Waals surface area contributed by atoms with E-state index in [4.69, 9.17) is 4.74 Å². The maximum absolute atomic E-state index is 12.4. The second-order valence-corrected chi connectivity index (χ2v) is 20.3. The van der Waals surface area contributed by atoms with Crippen LogP contribution in [-0.4, -0.2) is 47.4 Å². The largest absolute Gasteiger partial charge is 0.466 e. The predicted molar refractivity (Wildman–Crippen MR) is 287 cm³/mol. The average Bonchev–Trinajstić information content (AvgIpc) is 3.32. The molecule has 0 aromatic carbocycles. The van der Waals surface area contributed by atoms with Crippen molar-refractivity contribution in [3.63, 3.8) is 0 Å². The first kappa shape index (κ1) is 64.3. The van der Waals surface area contributed by atoms with E-state index in [1.807, 2.05) is 6.08 Å². The van der Waals surface area contributed by atoms with E-state index in [1.165, 1.54) is 250 Å². The van der Waals surface area contributed by atoms with Crippen LogP contribution in [0.5, 0.6) is 0 Å². The van der Waals surface area contributed by atoms with Gasteiger partial charge in [-0.3, -0.25) is 9.59 Å². The number of esters is 1. The molecule has 2 atom stereocenters. The number of unbranched alkanes of at least 4 members (excludes halogenated alkanes) is 42. The molecule has 0 aliphatic carbocycles. The Morgan fingerprint density at radius 3 is 1.08 bits per heavy atom. The minimum atomic E-state index is -0.845. The third kappa shape index (κ3) is 51.7. The van der Waals surface area contributed by atoms with Crippen molar-refractivity contribution in [2.45, 2.75) is 334 Å². The third-order valence-corrected chi connectivity index (χ3v) is 13.7. The van der Waals surface area contributed by atoms with E-state index < -0.39 is 12.1 Å². The molecule has 390 valence electrons. The molecule has 0 bridgehead atoms. The van der Waals surface area contributed by atoms with Gasteiger partial charge < -0.3 is 20.3 Å². The normalized spacial score (nSPS) is 12.7. The first-order valence-corrected chi connectivity index (χ1v) is 29.6. The van der Waals surface area contributed by atoms with Gasteiger partial charge in [-0.25, -0.2) is 0 Å². The highest BCUT2D eigenvalue weighted by molar-refractivity contribution is 5.76. The number of aliphatic hydroxyl groups excluding tert-OH is 2. The lowest BCUT2D eigenvalue weighted by Gasteiger charge is -2.20. The molecule has 6 nitrogen and oxygen atoms in total. The molecule has 0 aromatic rings. The molecule has 0 saturated carbocycles. The lowest BCUT2D eigenvalue weighted by Crippen LogP contribution is -2.45. The molecule has 6 heteroatoms. The highest BCUT2D eigenvalue weighted by Crippen LogP contribution is 2.17. The van der Waals surface area contributed by atoms with Gasteiger partial charge in [0.15, 0.2) is 0 Å². The van der Waals surface area contributed by atoms with Gasteiger partial charge in [-0.05, 0) is 57.8 Å². The number of carbonyl (C=O) groups is 2. The molecule has 66 heavy (non-hydrogen) atoms. The van der Waals surface area contributed by atoms with Gasteiger partial charge in [0.1, 0.15) is 0 Å². The fourth-order valence-electron chi connectivity index (χ4n) is 9.16. The zero-order valence-electron chi connectivity index (χ0n) is 44.4. The van der Waals surface area contributed by atoms with E-state index in [2.05, 4.69) is 31.3 Å². The predicted octanol–water partition coefficient (Wildman–Crippen LogP) is 18.2. The molecule has 0 heterocycles. The smallest absolute Gasteiger partial charge is 0.305 e. The van der Waals surface area contributed by atoms with Crippen LogP contribution in [0.25, 0.3) is 0 Å². The summed E-state index contributed by atoms with van der Waals surface area (Å²) in [5.41, 5.74) is 0. The molecule has 1 amide bonds. The molecular weight excluding hydrogens is 815 g/mol. The molecule has 0 aromatic heterocycles. The molecule has 0 rings (SSSR count). The Labute approximate surface area is 411 Å². The van der Waals surface area contributed by atoms with Crippen molar-refractivity contribution in [2.24, 2.45) is 0 Å². The molecule has 0 fully saturated rings. The fourth-order valence-corrected chi connectivity index (χ4v) is 9.16. The zero-order chi connectivity index (χ0) is 47.9. The number of hydrogen-bond acceptors (Lipinski definition) is 5. The first-order valence-electron chi connectivity index (χ1n) is 29.6. The number of aliphatic hydroxyl groups is 2. The van der Waals surface area contributed by atoms with E-state index in [0.717, 1.165) is 44.9 Å². The van der Waals surface area contributed by atoms with Crippen LogP contribution in [0.3, 0.4) is 0 Å². The van der Waals surface area contributed by atoms with Crippen LogP contribution in [-0.2, 0) is 14.3 Å². The first-order chi connectivity index (χ1) is 32.5. The molecule has 0 saturated heterocycles. The summed E-state index contributed by atoms with van der Waals surface area (Å²) in [7, 11) is 0. The van der Waals surface area contributed by atoms with Crippen molar-refractivity contribution in [1.29, 1.82) is 0 Å². The number of nitrogens with one attached hydrogen (secondary N) is 1. The number of amides is 1. The van der Waals surface area contributed by atoms with E-state index in [1.54, 1.807) is 6.08 Å². The topological polar surface area (TPSA) is 95.9 Å². The van der Waals surface area contributed by atoms with Crippen LogP contribution in [0.4, 0.5) is 0 Å². The van der Waals surface area contributed by atoms with E-state index >= 15 is 0 Å². The molecule has 2 unspecified atom stereocenters. The molecule has 0 radical (unpaired) electrons. The van der Waals surface area contributed by atoms with Gasteiger partial charge in [0.25, 0.3) is 0 Å². The second kappa shape index (κ2) is 55.9. The lowest BCUT2D eigenvalue weighted by molar-refractivity contribution is -0.143. The molecule has 0 spiro atoms. The maximum atomic E-state index is 12.4. The van der Waals surface area contributed by atoms with Gasteiger partial charge in [-0.2, -0.15) is 0 Å². The van der Waals surface area contributed by atoms with Crippen molar-refractivity contribution in [2.75, 3.05) is 13.2 Å². The third-order valence-electron chi connectivity index (χ3n) is 13.7. The van der Waals surface area contributed by atoms with Crippen LogP contribution in [0, 0.1) is 0 Å². The SMILES string of the molecule is CCCCCCCC/C=C\CCCCCCCC(=O)OCCCCCCCCCCCCCCCCCCCCCCC(=O)NC(CO)C(O)/C=C/CCCCCCCCCCCCCC. The minimum Gasteiger partial charge on any atom is -0.466 e. The van der Waals surface area contributed by atoms with Crippen molar-refractivity contribution >= 4 is 11.9 Å². The monoisotopic (exact) mass is 930 g/mol. The number of carbonyl (C=O) groups excluding carboxylic acids is 2. The number of hydrogen-bond donors (Lipinski definition) is 3. The highest BCUT2D eigenvalue weighted by atomic mass is 16.5. The summed E-state index contributed by atoms with van der Waals surface area (Å²) in [6.07, 6.45) is 67.7. The van der Waals surface area contributed by atoms with Crippen molar-refractivity contribution in [1.82, 2.24) is 5.32 Å². The summed E-state index contributed by atoms with van der Waals surface area (Å²) >= 11 is 0.